The van der Waals surface area contributed by atoms with Crippen molar-refractivity contribution in [2.24, 2.45) is 0 Å². The van der Waals surface area contributed by atoms with E-state index in [1.54, 1.807) is 16.8 Å². The number of benzene rings is 1. The predicted octanol–water partition coefficient (Wildman–Crippen LogP) is 2.95. The first kappa shape index (κ1) is 16.3. The Kier molecular flexibility index (Phi) is 4.66. The van der Waals surface area contributed by atoms with E-state index in [4.69, 9.17) is 4.42 Å². The largest absolute Gasteiger partial charge is 0.463 e. The summed E-state index contributed by atoms with van der Waals surface area (Å²) in [5.41, 5.74) is 3.29. The number of esters is 1. The third-order valence-electron chi connectivity index (χ3n) is 3.57. The van der Waals surface area contributed by atoms with Crippen LogP contribution in [0.1, 0.15) is 27.4 Å². The van der Waals surface area contributed by atoms with Gasteiger partial charge in [-0.2, -0.15) is 4.68 Å². The van der Waals surface area contributed by atoms with Crippen molar-refractivity contribution in [2.45, 2.75) is 24.8 Å². The molecule has 3 aromatic rings. The number of aryl methyl sites for hydroxylation is 2. The van der Waals surface area contributed by atoms with Crippen molar-refractivity contribution < 1.29 is 13.9 Å². The lowest BCUT2D eigenvalue weighted by Crippen LogP contribution is -2.00. The fourth-order valence-corrected chi connectivity index (χ4v) is 2.87. The number of nitrogens with zero attached hydrogens (tertiary/aromatic N) is 4. The van der Waals surface area contributed by atoms with Gasteiger partial charge < -0.3 is 9.15 Å². The normalized spacial score (nSPS) is 10.8. The van der Waals surface area contributed by atoms with E-state index in [1.165, 1.54) is 30.0 Å². The molecule has 1 aromatic carbocycles. The molecule has 2 heterocycles. The molecular weight excluding hydrogens is 328 g/mol. The van der Waals surface area contributed by atoms with E-state index >= 15 is 0 Å². The molecule has 0 fully saturated rings. The topological polar surface area (TPSA) is 83.0 Å². The Balaban J connectivity index is 1.75. The van der Waals surface area contributed by atoms with Crippen LogP contribution < -0.4 is 0 Å². The highest BCUT2D eigenvalue weighted by Crippen LogP contribution is 2.24. The van der Waals surface area contributed by atoms with E-state index in [1.807, 2.05) is 25.1 Å². The molecule has 0 N–H and O–H groups in total. The fourth-order valence-electron chi connectivity index (χ4n) is 2.09. The maximum Gasteiger partial charge on any atom is 0.373 e. The first-order valence-electron chi connectivity index (χ1n) is 7.24. The third-order valence-corrected chi connectivity index (χ3v) is 4.51. The number of tetrazole rings is 1. The Bertz CT molecular complexity index is 872. The Morgan fingerprint density at radius 3 is 2.83 bits per heavy atom. The minimum Gasteiger partial charge on any atom is -0.463 e. The van der Waals surface area contributed by atoms with Crippen LogP contribution >= 0.6 is 11.8 Å². The smallest absolute Gasteiger partial charge is 0.373 e. The molecule has 0 saturated carbocycles. The molecule has 0 aliphatic heterocycles. The number of carbonyl (C=O) groups is 1. The van der Waals surface area contributed by atoms with Crippen LogP contribution in [0.3, 0.4) is 0 Å². The number of methoxy groups -OCH3 is 1. The van der Waals surface area contributed by atoms with E-state index in [0.717, 1.165) is 5.69 Å². The molecule has 2 aromatic heterocycles. The van der Waals surface area contributed by atoms with Crippen molar-refractivity contribution in [3.05, 3.63) is 53.0 Å². The average Bonchev–Trinajstić information content (AvgIpc) is 3.23. The maximum atomic E-state index is 11.4. The zero-order chi connectivity index (χ0) is 17.1. The predicted molar refractivity (Wildman–Crippen MR) is 88.2 cm³/mol. The number of ether oxygens (including phenoxy) is 1. The second-order valence-corrected chi connectivity index (χ2v) is 6.13. The summed E-state index contributed by atoms with van der Waals surface area (Å²) in [7, 11) is 1.32. The lowest BCUT2D eigenvalue weighted by Gasteiger charge is -2.06. The number of aromatic nitrogens is 4. The summed E-state index contributed by atoms with van der Waals surface area (Å²) in [5, 5.41) is 12.5. The monoisotopic (exact) mass is 344 g/mol. The van der Waals surface area contributed by atoms with Crippen LogP contribution in [-0.4, -0.2) is 33.3 Å². The molecule has 0 atom stereocenters. The molecule has 0 unspecified atom stereocenters. The Labute approximate surface area is 143 Å². The van der Waals surface area contributed by atoms with E-state index in [0.29, 0.717) is 16.7 Å². The second kappa shape index (κ2) is 6.88. The molecule has 0 aliphatic carbocycles. The summed E-state index contributed by atoms with van der Waals surface area (Å²) in [6, 6.07) is 9.39. The molecule has 0 amide bonds. The van der Waals surface area contributed by atoms with Crippen LogP contribution in [0.25, 0.3) is 5.69 Å². The maximum absolute atomic E-state index is 11.4. The van der Waals surface area contributed by atoms with Gasteiger partial charge in [0, 0.05) is 0 Å². The summed E-state index contributed by atoms with van der Waals surface area (Å²) in [6.45, 7) is 4.11. The minimum atomic E-state index is -0.494. The highest BCUT2D eigenvalue weighted by molar-refractivity contribution is 7.98. The Hall–Kier alpha value is -2.61. The SMILES string of the molecule is COC(=O)c1ccc(CSc2nnnn2-c2ccc(C)c(C)c2)o1. The van der Waals surface area contributed by atoms with Gasteiger partial charge in [0.15, 0.2) is 0 Å². The number of hydrogen-bond acceptors (Lipinski definition) is 7. The number of hydrogen-bond donors (Lipinski definition) is 0. The molecule has 3 rings (SSSR count). The van der Waals surface area contributed by atoms with E-state index in [2.05, 4.69) is 27.2 Å². The van der Waals surface area contributed by atoms with Gasteiger partial charge in [-0.15, -0.1) is 5.10 Å². The van der Waals surface area contributed by atoms with Gasteiger partial charge in [-0.1, -0.05) is 17.8 Å². The molecule has 7 nitrogen and oxygen atoms in total. The zero-order valence-corrected chi connectivity index (χ0v) is 14.3. The van der Waals surface area contributed by atoms with Crippen molar-refractivity contribution in [3.63, 3.8) is 0 Å². The number of furan rings is 1. The van der Waals surface area contributed by atoms with Crippen LogP contribution in [0, 0.1) is 13.8 Å². The van der Waals surface area contributed by atoms with Crippen molar-refractivity contribution in [1.29, 1.82) is 0 Å². The highest BCUT2D eigenvalue weighted by Gasteiger charge is 2.14. The second-order valence-electron chi connectivity index (χ2n) is 5.19. The van der Waals surface area contributed by atoms with Gasteiger partial charge in [-0.3, -0.25) is 0 Å². The van der Waals surface area contributed by atoms with E-state index in [-0.39, 0.29) is 5.76 Å². The molecule has 0 aliphatic rings. The Morgan fingerprint density at radius 1 is 1.25 bits per heavy atom. The summed E-state index contributed by atoms with van der Waals surface area (Å²) in [5.74, 6) is 0.838. The summed E-state index contributed by atoms with van der Waals surface area (Å²) >= 11 is 1.43. The van der Waals surface area contributed by atoms with Crippen LogP contribution in [-0.2, 0) is 10.5 Å². The van der Waals surface area contributed by atoms with Gasteiger partial charge in [-0.25, -0.2) is 4.79 Å². The molecular formula is C16H16N4O3S. The van der Waals surface area contributed by atoms with Gasteiger partial charge in [-0.05, 0) is 59.7 Å². The van der Waals surface area contributed by atoms with Gasteiger partial charge in [0.1, 0.15) is 5.76 Å². The van der Waals surface area contributed by atoms with E-state index in [9.17, 15) is 4.79 Å². The van der Waals surface area contributed by atoms with Crippen molar-refractivity contribution in [3.8, 4) is 5.69 Å². The third kappa shape index (κ3) is 3.33. The molecule has 8 heteroatoms. The minimum absolute atomic E-state index is 0.182. The van der Waals surface area contributed by atoms with Gasteiger partial charge in [0.25, 0.3) is 0 Å². The lowest BCUT2D eigenvalue weighted by atomic mass is 10.1. The fraction of sp³-hybridized carbons (Fsp3) is 0.250. The lowest BCUT2D eigenvalue weighted by molar-refractivity contribution is 0.0563. The summed E-state index contributed by atoms with van der Waals surface area (Å²) in [6.07, 6.45) is 0. The Morgan fingerprint density at radius 2 is 2.08 bits per heavy atom. The first-order valence-corrected chi connectivity index (χ1v) is 8.23. The van der Waals surface area contributed by atoms with Crippen LogP contribution in [0.4, 0.5) is 0 Å². The molecule has 0 saturated heterocycles. The van der Waals surface area contributed by atoms with Gasteiger partial charge >= 0.3 is 5.97 Å². The highest BCUT2D eigenvalue weighted by atomic mass is 32.2. The van der Waals surface area contributed by atoms with Gasteiger partial charge in [0.05, 0.1) is 18.6 Å². The first-order chi connectivity index (χ1) is 11.6. The molecule has 0 spiro atoms. The molecule has 0 radical (unpaired) electrons. The van der Waals surface area contributed by atoms with Crippen molar-refractivity contribution in [2.75, 3.05) is 7.11 Å². The number of thioether (sulfide) groups is 1. The van der Waals surface area contributed by atoms with Crippen molar-refractivity contribution >= 4 is 17.7 Å². The number of rotatable bonds is 5. The van der Waals surface area contributed by atoms with Gasteiger partial charge in [0.2, 0.25) is 10.9 Å². The van der Waals surface area contributed by atoms with Crippen molar-refractivity contribution in [1.82, 2.24) is 20.2 Å². The van der Waals surface area contributed by atoms with Crippen LogP contribution in [0.2, 0.25) is 0 Å². The quantitative estimate of drug-likeness (QED) is 0.520. The molecule has 124 valence electrons. The number of carbonyl (C=O) groups excluding carboxylic acids is 1. The molecule has 0 bridgehead atoms. The zero-order valence-electron chi connectivity index (χ0n) is 13.5. The molecule has 24 heavy (non-hydrogen) atoms. The van der Waals surface area contributed by atoms with Crippen LogP contribution in [0.15, 0.2) is 39.9 Å². The summed E-state index contributed by atoms with van der Waals surface area (Å²) < 4.78 is 11.7. The standard InChI is InChI=1S/C16H16N4O3S/c1-10-4-5-12(8-11(10)2)20-16(17-18-19-20)24-9-13-6-7-14(23-13)15(21)22-3/h4-8H,9H2,1-3H3. The average molecular weight is 344 g/mol. The van der Waals surface area contributed by atoms with E-state index < -0.39 is 5.97 Å². The van der Waals surface area contributed by atoms with Crippen LogP contribution in [0.5, 0.6) is 0 Å². The summed E-state index contributed by atoms with van der Waals surface area (Å²) in [4.78, 5) is 11.4.